The molecule has 0 bridgehead atoms. The number of nitrogens with one attached hydrogen (secondary N) is 1. The first kappa shape index (κ1) is 11.5. The van der Waals surface area contributed by atoms with Gasteiger partial charge in [-0.25, -0.2) is 0 Å². The fourth-order valence-corrected chi connectivity index (χ4v) is 1.74. The molecule has 3 nitrogen and oxygen atoms in total. The van der Waals surface area contributed by atoms with E-state index >= 15 is 0 Å². The molecule has 80 valence electrons. The van der Waals surface area contributed by atoms with Crippen molar-refractivity contribution in [1.82, 2.24) is 15.1 Å². The van der Waals surface area contributed by atoms with E-state index in [-0.39, 0.29) is 5.54 Å². The van der Waals surface area contributed by atoms with Crippen LogP contribution in [0, 0.1) is 0 Å². The van der Waals surface area contributed by atoms with Crippen LogP contribution in [0.4, 0.5) is 0 Å². The molecule has 0 aromatic carbocycles. The maximum absolute atomic E-state index is 5.71. The summed E-state index contributed by atoms with van der Waals surface area (Å²) in [5, 5.41) is 7.59. The second kappa shape index (κ2) is 5.37. The van der Waals surface area contributed by atoms with Crippen LogP contribution < -0.4 is 5.32 Å². The summed E-state index contributed by atoms with van der Waals surface area (Å²) in [7, 11) is 0. The van der Waals surface area contributed by atoms with E-state index < -0.39 is 0 Å². The molecule has 14 heavy (non-hydrogen) atoms. The molecule has 0 radical (unpaired) electrons. The largest absolute Gasteiger partial charge is 0.310 e. The normalized spacial score (nSPS) is 11.9. The second-order valence-corrected chi connectivity index (χ2v) is 4.40. The summed E-state index contributed by atoms with van der Waals surface area (Å²) in [6, 6.07) is 1.93. The molecule has 0 aliphatic carbocycles. The first-order valence-electron chi connectivity index (χ1n) is 4.92. The van der Waals surface area contributed by atoms with Crippen molar-refractivity contribution in [3.05, 3.63) is 18.5 Å². The molecular weight excluding hydrogens is 198 g/mol. The van der Waals surface area contributed by atoms with E-state index in [4.69, 9.17) is 11.6 Å². The van der Waals surface area contributed by atoms with E-state index in [1.54, 1.807) is 6.20 Å². The molecule has 0 saturated heterocycles. The van der Waals surface area contributed by atoms with Crippen LogP contribution in [0.3, 0.4) is 0 Å². The van der Waals surface area contributed by atoms with Crippen LogP contribution >= 0.6 is 11.6 Å². The van der Waals surface area contributed by atoms with Crippen molar-refractivity contribution < 1.29 is 0 Å². The Morgan fingerprint density at radius 1 is 1.50 bits per heavy atom. The van der Waals surface area contributed by atoms with Crippen molar-refractivity contribution in [3.63, 3.8) is 0 Å². The van der Waals surface area contributed by atoms with Gasteiger partial charge in [0.2, 0.25) is 0 Å². The van der Waals surface area contributed by atoms with Gasteiger partial charge in [-0.3, -0.25) is 4.68 Å². The predicted octanol–water partition coefficient (Wildman–Crippen LogP) is 1.88. The number of alkyl halides is 1. The van der Waals surface area contributed by atoms with Gasteiger partial charge >= 0.3 is 0 Å². The highest BCUT2D eigenvalue weighted by atomic mass is 35.5. The van der Waals surface area contributed by atoms with Gasteiger partial charge in [-0.05, 0) is 26.3 Å². The standard InChI is InChI=1S/C10H18ClN3/c1-10(2,4-5-11)12-7-9-14-8-3-6-13-14/h3,6,8,12H,4-5,7,9H2,1-2H3. The molecule has 0 spiro atoms. The van der Waals surface area contributed by atoms with E-state index in [1.165, 1.54) is 0 Å². The van der Waals surface area contributed by atoms with Gasteiger partial charge < -0.3 is 5.32 Å². The molecule has 0 aliphatic heterocycles. The Morgan fingerprint density at radius 2 is 2.29 bits per heavy atom. The van der Waals surface area contributed by atoms with Crippen molar-refractivity contribution in [3.8, 4) is 0 Å². The number of hydrogen-bond donors (Lipinski definition) is 1. The smallest absolute Gasteiger partial charge is 0.0534 e. The third-order valence-corrected chi connectivity index (χ3v) is 2.41. The van der Waals surface area contributed by atoms with E-state index in [9.17, 15) is 0 Å². The summed E-state index contributed by atoms with van der Waals surface area (Å²) in [5.74, 6) is 0.696. The summed E-state index contributed by atoms with van der Waals surface area (Å²) < 4.78 is 1.92. The lowest BCUT2D eigenvalue weighted by molar-refractivity contribution is 0.365. The molecule has 1 rings (SSSR count). The van der Waals surface area contributed by atoms with Crippen LogP contribution in [-0.2, 0) is 6.54 Å². The minimum atomic E-state index is 0.120. The Hall–Kier alpha value is -0.540. The molecule has 0 fully saturated rings. The number of aromatic nitrogens is 2. The van der Waals surface area contributed by atoms with Gasteiger partial charge in [-0.1, -0.05) is 0 Å². The lowest BCUT2D eigenvalue weighted by Crippen LogP contribution is -2.41. The van der Waals surface area contributed by atoms with Gasteiger partial charge in [0.05, 0.1) is 6.54 Å². The Kier molecular flexibility index (Phi) is 4.42. The van der Waals surface area contributed by atoms with Gasteiger partial charge in [-0.2, -0.15) is 5.10 Å². The highest BCUT2D eigenvalue weighted by Gasteiger charge is 2.14. The van der Waals surface area contributed by atoms with Crippen LogP contribution in [0.2, 0.25) is 0 Å². The summed E-state index contributed by atoms with van der Waals surface area (Å²) in [4.78, 5) is 0. The van der Waals surface area contributed by atoms with Gasteiger partial charge in [0, 0.05) is 30.4 Å². The minimum Gasteiger partial charge on any atom is -0.310 e. The molecule has 1 aromatic heterocycles. The minimum absolute atomic E-state index is 0.120. The highest BCUT2D eigenvalue weighted by Crippen LogP contribution is 2.08. The lowest BCUT2D eigenvalue weighted by atomic mass is 10.0. The molecule has 4 heteroatoms. The Morgan fingerprint density at radius 3 is 2.86 bits per heavy atom. The monoisotopic (exact) mass is 215 g/mol. The predicted molar refractivity (Wildman–Crippen MR) is 59.6 cm³/mol. The number of hydrogen-bond acceptors (Lipinski definition) is 2. The summed E-state index contributed by atoms with van der Waals surface area (Å²) >= 11 is 5.71. The van der Waals surface area contributed by atoms with Crippen molar-refractivity contribution in [2.75, 3.05) is 12.4 Å². The Bertz CT molecular complexity index is 244. The average molecular weight is 216 g/mol. The molecule has 0 saturated carbocycles. The summed E-state index contributed by atoms with van der Waals surface area (Å²) in [6.07, 6.45) is 4.74. The van der Waals surface area contributed by atoms with Crippen molar-refractivity contribution in [1.29, 1.82) is 0 Å². The zero-order valence-electron chi connectivity index (χ0n) is 8.83. The van der Waals surface area contributed by atoms with Gasteiger partial charge in [0.15, 0.2) is 0 Å². The summed E-state index contributed by atoms with van der Waals surface area (Å²) in [5.41, 5.74) is 0.120. The zero-order valence-corrected chi connectivity index (χ0v) is 9.59. The Balaban J connectivity index is 2.20. The molecule has 1 heterocycles. The van der Waals surface area contributed by atoms with Crippen molar-refractivity contribution >= 4 is 11.6 Å². The SMILES string of the molecule is CC(C)(CCCl)NCCn1cccn1. The van der Waals surface area contributed by atoms with Crippen LogP contribution in [0.25, 0.3) is 0 Å². The van der Waals surface area contributed by atoms with Gasteiger partial charge in [0.25, 0.3) is 0 Å². The van der Waals surface area contributed by atoms with E-state index in [0.717, 1.165) is 19.5 Å². The average Bonchev–Trinajstić information content (AvgIpc) is 2.56. The zero-order chi connectivity index (χ0) is 10.4. The fourth-order valence-electron chi connectivity index (χ4n) is 1.27. The maximum Gasteiger partial charge on any atom is 0.0534 e. The van der Waals surface area contributed by atoms with Gasteiger partial charge in [0.1, 0.15) is 0 Å². The van der Waals surface area contributed by atoms with Crippen LogP contribution in [0.15, 0.2) is 18.5 Å². The third kappa shape index (κ3) is 4.11. The summed E-state index contributed by atoms with van der Waals surface area (Å²) in [6.45, 7) is 6.15. The third-order valence-electron chi connectivity index (χ3n) is 2.22. The molecule has 1 N–H and O–H groups in total. The number of nitrogens with zero attached hydrogens (tertiary/aromatic N) is 2. The molecule has 0 aliphatic rings. The quantitative estimate of drug-likeness (QED) is 0.735. The number of halogens is 1. The van der Waals surface area contributed by atoms with Crippen LogP contribution in [0.5, 0.6) is 0 Å². The number of rotatable bonds is 6. The molecule has 0 amide bonds. The first-order valence-corrected chi connectivity index (χ1v) is 5.46. The lowest BCUT2D eigenvalue weighted by Gasteiger charge is -2.25. The van der Waals surface area contributed by atoms with E-state index in [0.29, 0.717) is 5.88 Å². The molecule has 0 unspecified atom stereocenters. The van der Waals surface area contributed by atoms with E-state index in [2.05, 4.69) is 24.3 Å². The molecule has 0 atom stereocenters. The topological polar surface area (TPSA) is 29.9 Å². The highest BCUT2D eigenvalue weighted by molar-refractivity contribution is 6.17. The van der Waals surface area contributed by atoms with Crippen LogP contribution in [0.1, 0.15) is 20.3 Å². The van der Waals surface area contributed by atoms with Gasteiger partial charge in [-0.15, -0.1) is 11.6 Å². The fraction of sp³-hybridized carbons (Fsp3) is 0.700. The first-order chi connectivity index (χ1) is 6.64. The van der Waals surface area contributed by atoms with Crippen molar-refractivity contribution in [2.45, 2.75) is 32.4 Å². The second-order valence-electron chi connectivity index (χ2n) is 4.02. The molecular formula is C10H18ClN3. The van der Waals surface area contributed by atoms with Crippen molar-refractivity contribution in [2.24, 2.45) is 0 Å². The Labute approximate surface area is 90.4 Å². The maximum atomic E-state index is 5.71. The van der Waals surface area contributed by atoms with Crippen LogP contribution in [-0.4, -0.2) is 27.7 Å². The van der Waals surface area contributed by atoms with E-state index in [1.807, 2.05) is 16.9 Å². The molecule has 1 aromatic rings.